The smallest absolute Gasteiger partial charge is 0.354 e. The van der Waals surface area contributed by atoms with Gasteiger partial charge in [0.15, 0.2) is 14.8 Å². The minimum Gasteiger partial charge on any atom is -0.455 e. The maximum Gasteiger partial charge on any atom is 0.354 e. The number of sulfone groups is 1. The van der Waals surface area contributed by atoms with Crippen LogP contribution in [0, 0.1) is 6.92 Å². The number of ether oxygens (including phenoxy) is 1. The summed E-state index contributed by atoms with van der Waals surface area (Å²) in [5.74, 6) is -1.18. The number of thiazole rings is 1. The molecule has 1 saturated heterocycles. The summed E-state index contributed by atoms with van der Waals surface area (Å²) in [6.45, 7) is 1.60. The number of aromatic nitrogens is 2. The van der Waals surface area contributed by atoms with Gasteiger partial charge >= 0.3 is 5.97 Å². The van der Waals surface area contributed by atoms with Crippen molar-refractivity contribution in [1.82, 2.24) is 14.4 Å². The second-order valence-electron chi connectivity index (χ2n) is 7.00. The minimum absolute atomic E-state index is 0.00261. The number of amides is 1. The first-order valence-corrected chi connectivity index (χ1v) is 11.7. The van der Waals surface area contributed by atoms with E-state index in [0.717, 1.165) is 10.7 Å². The van der Waals surface area contributed by atoms with Gasteiger partial charge in [0.05, 0.1) is 23.2 Å². The predicted molar refractivity (Wildman–Crippen MR) is 104 cm³/mol. The number of hydrogen-bond donors (Lipinski definition) is 0. The van der Waals surface area contributed by atoms with E-state index in [-0.39, 0.29) is 48.1 Å². The SMILES string of the molecule is Cc1csc2nc(COC(=O)C3=NN([C@H]4CCS(=O)(=O)C4)C(=O)CC3)cc(=O)n12. The summed E-state index contributed by atoms with van der Waals surface area (Å²) >= 11 is 1.31. The van der Waals surface area contributed by atoms with Crippen molar-refractivity contribution in [3.8, 4) is 0 Å². The molecule has 4 rings (SSSR count). The zero-order valence-electron chi connectivity index (χ0n) is 15.5. The number of aryl methyl sites for hydroxylation is 1. The Kier molecular flexibility index (Phi) is 4.99. The van der Waals surface area contributed by atoms with E-state index >= 15 is 0 Å². The van der Waals surface area contributed by atoms with Crippen LogP contribution in [0.4, 0.5) is 0 Å². The van der Waals surface area contributed by atoms with Gasteiger partial charge < -0.3 is 4.74 Å². The second-order valence-corrected chi connectivity index (χ2v) is 10.1. The Morgan fingerprint density at radius 3 is 2.86 bits per heavy atom. The molecule has 1 atom stereocenters. The molecule has 1 amide bonds. The number of carbonyl (C=O) groups excluding carboxylic acids is 2. The van der Waals surface area contributed by atoms with Gasteiger partial charge in [0.2, 0.25) is 5.91 Å². The van der Waals surface area contributed by atoms with Gasteiger partial charge in [-0.05, 0) is 13.3 Å². The van der Waals surface area contributed by atoms with E-state index in [1.54, 1.807) is 6.92 Å². The molecule has 1 fully saturated rings. The highest BCUT2D eigenvalue weighted by atomic mass is 32.2. The summed E-state index contributed by atoms with van der Waals surface area (Å²) in [5, 5.41) is 6.99. The quantitative estimate of drug-likeness (QED) is 0.627. The van der Waals surface area contributed by atoms with Crippen LogP contribution in [0.3, 0.4) is 0 Å². The van der Waals surface area contributed by atoms with Gasteiger partial charge in [-0.3, -0.25) is 14.0 Å². The summed E-state index contributed by atoms with van der Waals surface area (Å²) < 4.78 is 30.1. The van der Waals surface area contributed by atoms with Crippen LogP contribution in [0.1, 0.15) is 30.7 Å². The van der Waals surface area contributed by atoms with E-state index in [0.29, 0.717) is 17.1 Å². The van der Waals surface area contributed by atoms with Crippen molar-refractivity contribution in [3.05, 3.63) is 33.2 Å². The standard InChI is InChI=1S/C17H18N4O6S2/c1-10-8-28-17-18-11(6-15(23)20(10)17)7-27-16(24)13-2-3-14(22)21(19-13)12-4-5-29(25,26)9-12/h6,8,12H,2-5,7,9H2,1H3/t12-/m0/s1. The van der Waals surface area contributed by atoms with E-state index in [2.05, 4.69) is 10.1 Å². The molecule has 0 radical (unpaired) electrons. The monoisotopic (exact) mass is 438 g/mol. The summed E-state index contributed by atoms with van der Waals surface area (Å²) in [6, 6.07) is 0.754. The first-order valence-electron chi connectivity index (χ1n) is 8.97. The lowest BCUT2D eigenvalue weighted by Gasteiger charge is -2.27. The Labute approximate surface area is 169 Å². The molecule has 2 aliphatic heterocycles. The summed E-state index contributed by atoms with van der Waals surface area (Å²) in [7, 11) is -3.19. The van der Waals surface area contributed by atoms with Gasteiger partial charge in [0, 0.05) is 30.0 Å². The third-order valence-electron chi connectivity index (χ3n) is 4.83. The first-order chi connectivity index (χ1) is 13.7. The lowest BCUT2D eigenvalue weighted by molar-refractivity contribution is -0.138. The lowest BCUT2D eigenvalue weighted by atomic mass is 10.1. The van der Waals surface area contributed by atoms with Gasteiger partial charge in [-0.1, -0.05) is 0 Å². The first kappa shape index (κ1) is 19.7. The summed E-state index contributed by atoms with van der Waals surface area (Å²) in [6.07, 6.45) is 0.478. The maximum absolute atomic E-state index is 12.4. The molecule has 154 valence electrons. The average Bonchev–Trinajstić information content (AvgIpc) is 3.22. The molecular weight excluding hydrogens is 420 g/mol. The summed E-state index contributed by atoms with van der Waals surface area (Å²) in [4.78, 5) is 41.5. The molecule has 0 bridgehead atoms. The zero-order valence-corrected chi connectivity index (χ0v) is 17.2. The highest BCUT2D eigenvalue weighted by Gasteiger charge is 2.37. The van der Waals surface area contributed by atoms with E-state index in [9.17, 15) is 22.8 Å². The van der Waals surface area contributed by atoms with E-state index in [4.69, 9.17) is 4.74 Å². The van der Waals surface area contributed by atoms with Gasteiger partial charge in [-0.15, -0.1) is 11.3 Å². The van der Waals surface area contributed by atoms with Crippen LogP contribution < -0.4 is 5.56 Å². The topological polar surface area (TPSA) is 127 Å². The van der Waals surface area contributed by atoms with Crippen LogP contribution in [0.25, 0.3) is 4.96 Å². The molecular formula is C17H18N4O6S2. The van der Waals surface area contributed by atoms with Crippen LogP contribution >= 0.6 is 11.3 Å². The second kappa shape index (κ2) is 7.34. The normalized spacial score (nSPS) is 21.4. The van der Waals surface area contributed by atoms with Crippen molar-refractivity contribution in [2.24, 2.45) is 5.10 Å². The molecule has 0 saturated carbocycles. The molecule has 2 aromatic heterocycles. The molecule has 2 aromatic rings. The Hall–Kier alpha value is -2.60. The van der Waals surface area contributed by atoms with Crippen molar-refractivity contribution in [2.45, 2.75) is 38.8 Å². The van der Waals surface area contributed by atoms with Crippen molar-refractivity contribution in [3.63, 3.8) is 0 Å². The average molecular weight is 438 g/mol. The Bertz CT molecular complexity index is 1200. The maximum atomic E-state index is 12.4. The van der Waals surface area contributed by atoms with E-state index in [1.165, 1.54) is 21.8 Å². The number of hydrazone groups is 1. The van der Waals surface area contributed by atoms with Crippen LogP contribution in [-0.4, -0.2) is 57.9 Å². The fourth-order valence-electron chi connectivity index (χ4n) is 3.37. The molecule has 4 heterocycles. The number of hydrogen-bond acceptors (Lipinski definition) is 9. The number of fused-ring (bicyclic) bond motifs is 1. The molecule has 0 aromatic carbocycles. The van der Waals surface area contributed by atoms with Crippen molar-refractivity contribution >= 4 is 43.7 Å². The Balaban J connectivity index is 1.47. The third-order valence-corrected chi connectivity index (χ3v) is 7.52. The molecule has 0 unspecified atom stereocenters. The number of esters is 1. The van der Waals surface area contributed by atoms with Crippen LogP contribution in [0.2, 0.25) is 0 Å². The Morgan fingerprint density at radius 2 is 2.14 bits per heavy atom. The predicted octanol–water partition coefficient (Wildman–Crippen LogP) is 0.273. The highest BCUT2D eigenvalue weighted by Crippen LogP contribution is 2.22. The molecule has 2 aliphatic rings. The van der Waals surface area contributed by atoms with E-state index in [1.807, 2.05) is 5.38 Å². The van der Waals surface area contributed by atoms with Crippen LogP contribution in [0.15, 0.2) is 21.3 Å². The van der Waals surface area contributed by atoms with Gasteiger partial charge in [0.1, 0.15) is 12.3 Å². The molecule has 10 nitrogen and oxygen atoms in total. The zero-order chi connectivity index (χ0) is 20.8. The fourth-order valence-corrected chi connectivity index (χ4v) is 5.95. The van der Waals surface area contributed by atoms with E-state index < -0.39 is 21.8 Å². The molecule has 29 heavy (non-hydrogen) atoms. The fraction of sp³-hybridized carbons (Fsp3) is 0.471. The number of carbonyl (C=O) groups is 2. The van der Waals surface area contributed by atoms with Gasteiger partial charge in [-0.2, -0.15) is 5.10 Å². The molecule has 0 N–H and O–H groups in total. The lowest BCUT2D eigenvalue weighted by Crippen LogP contribution is -2.42. The number of nitrogens with zero attached hydrogens (tertiary/aromatic N) is 4. The van der Waals surface area contributed by atoms with Crippen molar-refractivity contribution in [1.29, 1.82) is 0 Å². The number of rotatable bonds is 4. The third kappa shape index (κ3) is 3.94. The highest BCUT2D eigenvalue weighted by molar-refractivity contribution is 7.91. The van der Waals surface area contributed by atoms with Crippen LogP contribution in [-0.2, 0) is 30.8 Å². The Morgan fingerprint density at radius 1 is 1.34 bits per heavy atom. The van der Waals surface area contributed by atoms with Crippen molar-refractivity contribution in [2.75, 3.05) is 11.5 Å². The summed E-state index contributed by atoms with van der Waals surface area (Å²) in [5.41, 5.74) is 0.894. The van der Waals surface area contributed by atoms with Crippen LogP contribution in [0.5, 0.6) is 0 Å². The molecule has 12 heteroatoms. The molecule has 0 spiro atoms. The molecule has 0 aliphatic carbocycles. The van der Waals surface area contributed by atoms with Gasteiger partial charge in [-0.25, -0.2) is 23.2 Å². The van der Waals surface area contributed by atoms with Crippen molar-refractivity contribution < 1.29 is 22.7 Å². The largest absolute Gasteiger partial charge is 0.455 e. The minimum atomic E-state index is -3.19. The van der Waals surface area contributed by atoms with Gasteiger partial charge in [0.25, 0.3) is 5.56 Å².